The predicted octanol–water partition coefficient (Wildman–Crippen LogP) is 4.67. The molecule has 0 fully saturated rings. The minimum Gasteiger partial charge on any atom is -0.358 e. The molecule has 1 aliphatic rings. The van der Waals surface area contributed by atoms with Gasteiger partial charge in [-0.2, -0.15) is 0 Å². The normalized spacial score (nSPS) is 14.1. The van der Waals surface area contributed by atoms with Crippen molar-refractivity contribution in [3.8, 4) is 0 Å². The van der Waals surface area contributed by atoms with E-state index in [1.54, 1.807) is 18.2 Å². The van der Waals surface area contributed by atoms with Crippen molar-refractivity contribution in [1.29, 1.82) is 0 Å². The highest BCUT2D eigenvalue weighted by molar-refractivity contribution is 6.42. The third kappa shape index (κ3) is 2.50. The Labute approximate surface area is 143 Å². The molecular formula is C18H14Cl2N2O. The van der Waals surface area contributed by atoms with Crippen LogP contribution in [0.15, 0.2) is 42.5 Å². The summed E-state index contributed by atoms with van der Waals surface area (Å²) in [6, 6.07) is 13.2. The van der Waals surface area contributed by atoms with Crippen molar-refractivity contribution in [2.24, 2.45) is 0 Å². The van der Waals surface area contributed by atoms with Gasteiger partial charge in [-0.3, -0.25) is 4.79 Å². The molecule has 5 heteroatoms. The molecule has 0 bridgehead atoms. The van der Waals surface area contributed by atoms with Gasteiger partial charge in [0.05, 0.1) is 10.0 Å². The lowest BCUT2D eigenvalue weighted by Gasteiger charge is -2.27. The molecule has 0 saturated carbocycles. The van der Waals surface area contributed by atoms with Crippen molar-refractivity contribution in [1.82, 2.24) is 9.88 Å². The number of H-pyrrole nitrogens is 1. The Hall–Kier alpha value is -1.97. The predicted molar refractivity (Wildman–Crippen MR) is 93.2 cm³/mol. The first-order valence-corrected chi connectivity index (χ1v) is 8.22. The van der Waals surface area contributed by atoms with E-state index in [0.29, 0.717) is 28.7 Å². The summed E-state index contributed by atoms with van der Waals surface area (Å²) >= 11 is 12.0. The Morgan fingerprint density at radius 3 is 2.74 bits per heavy atom. The van der Waals surface area contributed by atoms with Crippen molar-refractivity contribution in [2.75, 3.05) is 6.54 Å². The fourth-order valence-corrected chi connectivity index (χ4v) is 3.45. The van der Waals surface area contributed by atoms with Crippen LogP contribution in [0.4, 0.5) is 0 Å². The van der Waals surface area contributed by atoms with E-state index in [4.69, 9.17) is 23.2 Å². The van der Waals surface area contributed by atoms with Crippen LogP contribution in [0.25, 0.3) is 10.9 Å². The monoisotopic (exact) mass is 344 g/mol. The number of amides is 1. The van der Waals surface area contributed by atoms with Gasteiger partial charge in [0.2, 0.25) is 0 Å². The Bertz CT molecular complexity index is 917. The lowest BCUT2D eigenvalue weighted by atomic mass is 10.0. The third-order valence-electron chi connectivity index (χ3n) is 4.34. The number of para-hydroxylation sites is 1. The molecular weight excluding hydrogens is 331 g/mol. The summed E-state index contributed by atoms with van der Waals surface area (Å²) in [5.41, 5.74) is 4.13. The number of nitrogens with one attached hydrogen (secondary N) is 1. The van der Waals surface area contributed by atoms with Crippen LogP contribution in [0.1, 0.15) is 21.6 Å². The smallest absolute Gasteiger partial charge is 0.254 e. The highest BCUT2D eigenvalue weighted by Gasteiger charge is 2.24. The van der Waals surface area contributed by atoms with Crippen LogP contribution in [-0.4, -0.2) is 22.3 Å². The van der Waals surface area contributed by atoms with Gasteiger partial charge in [-0.05, 0) is 24.3 Å². The van der Waals surface area contributed by atoms with E-state index in [-0.39, 0.29) is 5.91 Å². The van der Waals surface area contributed by atoms with Gasteiger partial charge in [-0.25, -0.2) is 0 Å². The molecule has 1 aromatic heterocycles. The first-order valence-electron chi connectivity index (χ1n) is 7.46. The van der Waals surface area contributed by atoms with E-state index in [9.17, 15) is 4.79 Å². The molecule has 2 heterocycles. The van der Waals surface area contributed by atoms with Crippen LogP contribution < -0.4 is 0 Å². The molecule has 0 saturated heterocycles. The Morgan fingerprint density at radius 2 is 1.91 bits per heavy atom. The second-order valence-electron chi connectivity index (χ2n) is 5.73. The molecule has 3 aromatic rings. The average molecular weight is 345 g/mol. The highest BCUT2D eigenvalue weighted by atomic mass is 35.5. The molecule has 1 N–H and O–H groups in total. The standard InChI is InChI=1S/C18H14Cl2N2O/c19-14-6-5-11(9-15(14)20)18(23)22-8-7-17-13(10-22)12-3-1-2-4-16(12)21-17/h1-6,9,21H,7-8,10H2. The fraction of sp³-hybridized carbons (Fsp3) is 0.167. The van der Waals surface area contributed by atoms with E-state index in [2.05, 4.69) is 17.1 Å². The van der Waals surface area contributed by atoms with Gasteiger partial charge < -0.3 is 9.88 Å². The molecule has 116 valence electrons. The first kappa shape index (κ1) is 14.6. The van der Waals surface area contributed by atoms with Crippen molar-refractivity contribution < 1.29 is 4.79 Å². The van der Waals surface area contributed by atoms with E-state index in [0.717, 1.165) is 11.9 Å². The maximum Gasteiger partial charge on any atom is 0.254 e. The second-order valence-corrected chi connectivity index (χ2v) is 6.55. The summed E-state index contributed by atoms with van der Waals surface area (Å²) in [6.07, 6.45) is 0.830. The Balaban J connectivity index is 1.67. The molecule has 1 aliphatic heterocycles. The molecule has 1 amide bonds. The number of aromatic amines is 1. The average Bonchev–Trinajstić information content (AvgIpc) is 2.94. The van der Waals surface area contributed by atoms with Crippen LogP contribution in [0.5, 0.6) is 0 Å². The number of hydrogen-bond acceptors (Lipinski definition) is 1. The largest absolute Gasteiger partial charge is 0.358 e. The van der Waals surface area contributed by atoms with Gasteiger partial charge in [0.1, 0.15) is 0 Å². The number of benzene rings is 2. The number of hydrogen-bond donors (Lipinski definition) is 1. The fourth-order valence-electron chi connectivity index (χ4n) is 3.15. The van der Waals surface area contributed by atoms with Crippen LogP contribution in [0, 0.1) is 0 Å². The van der Waals surface area contributed by atoms with Gasteiger partial charge in [-0.15, -0.1) is 0 Å². The summed E-state index contributed by atoms with van der Waals surface area (Å²) in [5.74, 6) is -0.0144. The summed E-state index contributed by atoms with van der Waals surface area (Å²) in [6.45, 7) is 1.30. The molecule has 23 heavy (non-hydrogen) atoms. The van der Waals surface area contributed by atoms with E-state index >= 15 is 0 Å². The molecule has 0 atom stereocenters. The number of carbonyl (C=O) groups is 1. The van der Waals surface area contributed by atoms with Crippen molar-refractivity contribution in [2.45, 2.75) is 13.0 Å². The zero-order valence-electron chi connectivity index (χ0n) is 12.3. The summed E-state index contributed by atoms with van der Waals surface area (Å²) < 4.78 is 0. The number of aromatic nitrogens is 1. The van der Waals surface area contributed by atoms with Gasteiger partial charge in [-0.1, -0.05) is 41.4 Å². The highest BCUT2D eigenvalue weighted by Crippen LogP contribution is 2.29. The van der Waals surface area contributed by atoms with Crippen LogP contribution in [0.3, 0.4) is 0 Å². The van der Waals surface area contributed by atoms with Gasteiger partial charge in [0.15, 0.2) is 0 Å². The van der Waals surface area contributed by atoms with Crippen molar-refractivity contribution in [3.05, 3.63) is 69.3 Å². The van der Waals surface area contributed by atoms with Gasteiger partial charge in [0.25, 0.3) is 5.91 Å². The van der Waals surface area contributed by atoms with E-state index < -0.39 is 0 Å². The van der Waals surface area contributed by atoms with Crippen LogP contribution in [0.2, 0.25) is 10.0 Å². The molecule has 3 nitrogen and oxygen atoms in total. The maximum atomic E-state index is 12.7. The second kappa shape index (κ2) is 5.59. The van der Waals surface area contributed by atoms with Crippen molar-refractivity contribution in [3.63, 3.8) is 0 Å². The van der Waals surface area contributed by atoms with Gasteiger partial charge >= 0.3 is 0 Å². The minimum absolute atomic E-state index is 0.0144. The molecule has 2 aromatic carbocycles. The first-order chi connectivity index (χ1) is 11.1. The van der Waals surface area contributed by atoms with Crippen LogP contribution >= 0.6 is 23.2 Å². The Morgan fingerprint density at radius 1 is 1.09 bits per heavy atom. The molecule has 0 unspecified atom stereocenters. The van der Waals surface area contributed by atoms with E-state index in [1.807, 2.05) is 17.0 Å². The Kier molecular flexibility index (Phi) is 3.55. The quantitative estimate of drug-likeness (QED) is 0.683. The minimum atomic E-state index is -0.0144. The zero-order chi connectivity index (χ0) is 16.0. The molecule has 0 spiro atoms. The third-order valence-corrected chi connectivity index (χ3v) is 5.08. The zero-order valence-corrected chi connectivity index (χ0v) is 13.8. The number of nitrogens with zero attached hydrogens (tertiary/aromatic N) is 1. The molecule has 4 rings (SSSR count). The summed E-state index contributed by atoms with van der Waals surface area (Å²) in [4.78, 5) is 18.1. The summed E-state index contributed by atoms with van der Waals surface area (Å²) in [5, 5.41) is 2.05. The van der Waals surface area contributed by atoms with Crippen LogP contribution in [-0.2, 0) is 13.0 Å². The van der Waals surface area contributed by atoms with E-state index in [1.165, 1.54) is 16.6 Å². The topological polar surface area (TPSA) is 36.1 Å². The van der Waals surface area contributed by atoms with Crippen molar-refractivity contribution >= 4 is 40.0 Å². The number of fused-ring (bicyclic) bond motifs is 3. The number of carbonyl (C=O) groups excluding carboxylic acids is 1. The number of rotatable bonds is 1. The SMILES string of the molecule is O=C(c1ccc(Cl)c(Cl)c1)N1CCc2[nH]c3ccccc3c2C1. The summed E-state index contributed by atoms with van der Waals surface area (Å²) in [7, 11) is 0. The molecule has 0 radical (unpaired) electrons. The lowest BCUT2D eigenvalue weighted by molar-refractivity contribution is 0.0735. The number of halogens is 2. The molecule has 0 aliphatic carbocycles. The maximum absolute atomic E-state index is 12.7. The lowest BCUT2D eigenvalue weighted by Crippen LogP contribution is -2.35. The van der Waals surface area contributed by atoms with Gasteiger partial charge in [0, 0.05) is 47.2 Å².